The maximum Gasteiger partial charge on any atom is 0.185 e. The van der Waals surface area contributed by atoms with Crippen molar-refractivity contribution in [2.45, 2.75) is 31.7 Å². The number of methoxy groups -OCH3 is 1. The Morgan fingerprint density at radius 3 is 3.12 bits per heavy atom. The minimum Gasteiger partial charge on any atom is -0.385 e. The lowest BCUT2D eigenvalue weighted by Gasteiger charge is -2.16. The smallest absolute Gasteiger partial charge is 0.185 e. The predicted molar refractivity (Wildman–Crippen MR) is 71.7 cm³/mol. The van der Waals surface area contributed by atoms with Gasteiger partial charge in [0.2, 0.25) is 0 Å². The van der Waals surface area contributed by atoms with E-state index in [0.29, 0.717) is 0 Å². The molecule has 1 heterocycles. The Labute approximate surface area is 107 Å². The Kier molecular flexibility index (Phi) is 4.36. The van der Waals surface area contributed by atoms with E-state index in [-0.39, 0.29) is 6.04 Å². The number of hydrogen-bond acceptors (Lipinski definition) is 5. The Hall–Kier alpha value is -0.650. The lowest BCUT2D eigenvalue weighted by Crippen LogP contribution is -2.20. The summed E-state index contributed by atoms with van der Waals surface area (Å²) in [6.07, 6.45) is 4.45. The van der Waals surface area contributed by atoms with Crippen LogP contribution in [0.15, 0.2) is 0 Å². The van der Waals surface area contributed by atoms with Crippen molar-refractivity contribution in [2.24, 2.45) is 5.73 Å². The number of nitrogens with zero attached hydrogens (tertiary/aromatic N) is 2. The van der Waals surface area contributed by atoms with Crippen LogP contribution in [0, 0.1) is 0 Å². The van der Waals surface area contributed by atoms with Gasteiger partial charge in [-0.15, -0.1) is 11.3 Å². The van der Waals surface area contributed by atoms with Crippen molar-refractivity contribution >= 4 is 16.5 Å². The van der Waals surface area contributed by atoms with Gasteiger partial charge in [-0.05, 0) is 25.7 Å². The van der Waals surface area contributed by atoms with E-state index in [1.165, 1.54) is 11.3 Å². The van der Waals surface area contributed by atoms with Gasteiger partial charge >= 0.3 is 0 Å². The van der Waals surface area contributed by atoms with Gasteiger partial charge in [0.25, 0.3) is 0 Å². The third-order valence-electron chi connectivity index (χ3n) is 3.15. The molecule has 0 saturated heterocycles. The number of thiazole rings is 1. The standard InChI is InChI=1S/C12H21N3OS/c1-15(7-4-8-16-2)12-14-11-9(13)5-3-6-10(11)17-12/h9H,3-8,13H2,1-2H3. The average molecular weight is 255 g/mol. The van der Waals surface area contributed by atoms with E-state index in [2.05, 4.69) is 16.9 Å². The molecule has 1 aromatic rings. The Morgan fingerprint density at radius 2 is 2.41 bits per heavy atom. The summed E-state index contributed by atoms with van der Waals surface area (Å²) in [5.41, 5.74) is 7.22. The number of aryl methyl sites for hydroxylation is 1. The summed E-state index contributed by atoms with van der Waals surface area (Å²) in [6, 6.07) is 0.149. The van der Waals surface area contributed by atoms with Crippen LogP contribution in [-0.4, -0.2) is 32.3 Å². The Balaban J connectivity index is 2.01. The summed E-state index contributed by atoms with van der Waals surface area (Å²) in [7, 11) is 3.83. The van der Waals surface area contributed by atoms with Crippen molar-refractivity contribution in [2.75, 3.05) is 32.2 Å². The molecule has 0 fully saturated rings. The molecule has 0 saturated carbocycles. The van der Waals surface area contributed by atoms with Crippen LogP contribution in [0.5, 0.6) is 0 Å². The topological polar surface area (TPSA) is 51.4 Å². The van der Waals surface area contributed by atoms with Gasteiger partial charge < -0.3 is 15.4 Å². The van der Waals surface area contributed by atoms with Crippen LogP contribution in [-0.2, 0) is 11.2 Å². The van der Waals surface area contributed by atoms with E-state index >= 15 is 0 Å². The molecular weight excluding hydrogens is 234 g/mol. The quantitative estimate of drug-likeness (QED) is 0.817. The minimum absolute atomic E-state index is 0.149. The second-order valence-corrected chi connectivity index (χ2v) is 5.63. The molecule has 2 rings (SSSR count). The number of rotatable bonds is 5. The lowest BCUT2D eigenvalue weighted by atomic mass is 9.99. The van der Waals surface area contributed by atoms with Gasteiger partial charge in [0, 0.05) is 38.2 Å². The first-order chi connectivity index (χ1) is 8.22. The molecule has 1 aliphatic carbocycles. The highest BCUT2D eigenvalue weighted by molar-refractivity contribution is 7.15. The number of aromatic nitrogens is 1. The first-order valence-electron chi connectivity index (χ1n) is 6.17. The van der Waals surface area contributed by atoms with Crippen LogP contribution in [0.1, 0.15) is 35.9 Å². The predicted octanol–water partition coefficient (Wildman–Crippen LogP) is 1.95. The van der Waals surface area contributed by atoms with Gasteiger partial charge in [0.05, 0.1) is 5.69 Å². The third-order valence-corrected chi connectivity index (χ3v) is 4.40. The second kappa shape index (κ2) is 5.80. The molecule has 1 atom stereocenters. The van der Waals surface area contributed by atoms with E-state index < -0.39 is 0 Å². The van der Waals surface area contributed by atoms with Gasteiger partial charge in [-0.1, -0.05) is 0 Å². The lowest BCUT2D eigenvalue weighted by molar-refractivity contribution is 0.196. The highest BCUT2D eigenvalue weighted by atomic mass is 32.1. The van der Waals surface area contributed by atoms with Crippen LogP contribution in [0.2, 0.25) is 0 Å². The third kappa shape index (κ3) is 2.97. The van der Waals surface area contributed by atoms with E-state index in [4.69, 9.17) is 10.5 Å². The molecule has 0 bridgehead atoms. The molecule has 0 spiro atoms. The van der Waals surface area contributed by atoms with Gasteiger partial charge in [-0.2, -0.15) is 0 Å². The molecule has 5 heteroatoms. The first kappa shape index (κ1) is 12.8. The summed E-state index contributed by atoms with van der Waals surface area (Å²) >= 11 is 1.80. The fourth-order valence-electron chi connectivity index (χ4n) is 2.14. The Morgan fingerprint density at radius 1 is 1.59 bits per heavy atom. The van der Waals surface area contributed by atoms with Crippen LogP contribution in [0.3, 0.4) is 0 Å². The summed E-state index contributed by atoms with van der Waals surface area (Å²) < 4.78 is 5.06. The van der Waals surface area contributed by atoms with E-state index in [1.807, 2.05) is 0 Å². The molecule has 2 N–H and O–H groups in total. The zero-order valence-electron chi connectivity index (χ0n) is 10.6. The van der Waals surface area contributed by atoms with Gasteiger partial charge in [0.1, 0.15) is 0 Å². The molecule has 1 aromatic heterocycles. The highest BCUT2D eigenvalue weighted by Gasteiger charge is 2.22. The summed E-state index contributed by atoms with van der Waals surface area (Å²) in [4.78, 5) is 8.28. The van der Waals surface area contributed by atoms with Crippen molar-refractivity contribution in [3.05, 3.63) is 10.6 Å². The number of nitrogens with two attached hydrogens (primary N) is 1. The summed E-state index contributed by atoms with van der Waals surface area (Å²) in [5, 5.41) is 1.10. The van der Waals surface area contributed by atoms with Crippen molar-refractivity contribution in [3.63, 3.8) is 0 Å². The minimum atomic E-state index is 0.149. The van der Waals surface area contributed by atoms with Gasteiger partial charge in [-0.25, -0.2) is 4.98 Å². The van der Waals surface area contributed by atoms with Crippen molar-refractivity contribution < 1.29 is 4.74 Å². The van der Waals surface area contributed by atoms with Crippen LogP contribution in [0.4, 0.5) is 5.13 Å². The van der Waals surface area contributed by atoms with E-state index in [0.717, 1.165) is 43.2 Å². The van der Waals surface area contributed by atoms with Crippen LogP contribution in [0.25, 0.3) is 0 Å². The van der Waals surface area contributed by atoms with E-state index in [1.54, 1.807) is 18.4 Å². The molecule has 0 aliphatic heterocycles. The van der Waals surface area contributed by atoms with E-state index in [9.17, 15) is 0 Å². The molecule has 0 aromatic carbocycles. The van der Waals surface area contributed by atoms with Crippen molar-refractivity contribution in [3.8, 4) is 0 Å². The number of fused-ring (bicyclic) bond motifs is 1. The average Bonchev–Trinajstić information content (AvgIpc) is 2.75. The first-order valence-corrected chi connectivity index (χ1v) is 6.99. The number of hydrogen-bond donors (Lipinski definition) is 1. The molecule has 17 heavy (non-hydrogen) atoms. The van der Waals surface area contributed by atoms with Gasteiger partial charge in [0.15, 0.2) is 5.13 Å². The monoisotopic (exact) mass is 255 g/mol. The molecule has 1 unspecified atom stereocenters. The molecular formula is C12H21N3OS. The fraction of sp³-hybridized carbons (Fsp3) is 0.750. The molecule has 1 aliphatic rings. The molecule has 0 amide bonds. The number of anilines is 1. The summed E-state index contributed by atoms with van der Waals surface area (Å²) in [5.74, 6) is 0. The zero-order chi connectivity index (χ0) is 12.3. The summed E-state index contributed by atoms with van der Waals surface area (Å²) in [6.45, 7) is 1.78. The maximum atomic E-state index is 6.09. The molecule has 96 valence electrons. The highest BCUT2D eigenvalue weighted by Crippen LogP contribution is 2.35. The normalized spacial score (nSPS) is 19.1. The zero-order valence-corrected chi connectivity index (χ0v) is 11.4. The SMILES string of the molecule is COCCCN(C)c1nc2c(s1)CCCC2N. The second-order valence-electron chi connectivity index (χ2n) is 4.57. The fourth-order valence-corrected chi connectivity index (χ4v) is 3.30. The molecule has 0 radical (unpaired) electrons. The van der Waals surface area contributed by atoms with Crippen LogP contribution >= 0.6 is 11.3 Å². The number of ether oxygens (including phenoxy) is 1. The van der Waals surface area contributed by atoms with Crippen molar-refractivity contribution in [1.82, 2.24) is 4.98 Å². The van der Waals surface area contributed by atoms with Crippen molar-refractivity contribution in [1.29, 1.82) is 0 Å². The van der Waals surface area contributed by atoms with Gasteiger partial charge in [-0.3, -0.25) is 0 Å². The van der Waals surface area contributed by atoms with Crippen LogP contribution < -0.4 is 10.6 Å². The molecule has 4 nitrogen and oxygen atoms in total. The Bertz CT molecular complexity index is 367. The maximum absolute atomic E-state index is 6.09. The largest absolute Gasteiger partial charge is 0.385 e.